The van der Waals surface area contributed by atoms with E-state index in [1.807, 2.05) is 0 Å². The molecule has 0 radical (unpaired) electrons. The molecule has 1 N–H and O–H groups in total. The van der Waals surface area contributed by atoms with Gasteiger partial charge in [0.15, 0.2) is 0 Å². The van der Waals surface area contributed by atoms with Crippen LogP contribution in [0.5, 0.6) is 11.6 Å². The minimum Gasteiger partial charge on any atom is -0.497 e. The molecule has 98 valence electrons. The molecule has 2 aromatic rings. The third kappa shape index (κ3) is 3.22. The second kappa shape index (κ2) is 5.86. The van der Waals surface area contributed by atoms with Crippen LogP contribution in [-0.4, -0.2) is 25.1 Å². The quantitative estimate of drug-likeness (QED) is 0.914. The maximum absolute atomic E-state index is 12.0. The lowest BCUT2D eigenvalue weighted by Crippen LogP contribution is -2.13. The van der Waals surface area contributed by atoms with E-state index in [9.17, 15) is 4.79 Å². The van der Waals surface area contributed by atoms with Gasteiger partial charge in [-0.2, -0.15) is 0 Å². The van der Waals surface area contributed by atoms with Gasteiger partial charge in [-0.25, -0.2) is 4.98 Å². The molecule has 0 fully saturated rings. The van der Waals surface area contributed by atoms with Crippen LogP contribution < -0.4 is 14.8 Å². The van der Waals surface area contributed by atoms with Crippen LogP contribution in [0.4, 0.5) is 5.69 Å². The van der Waals surface area contributed by atoms with E-state index < -0.39 is 0 Å². The Hall–Kier alpha value is -2.56. The summed E-state index contributed by atoms with van der Waals surface area (Å²) in [4.78, 5) is 16.1. The molecule has 5 nitrogen and oxygen atoms in total. The minimum atomic E-state index is -0.299. The molecule has 1 heterocycles. The molecule has 0 spiro atoms. The van der Waals surface area contributed by atoms with Crippen LogP contribution in [0, 0.1) is 0 Å². The van der Waals surface area contributed by atoms with Crippen molar-refractivity contribution < 1.29 is 14.3 Å². The van der Waals surface area contributed by atoms with Crippen molar-refractivity contribution in [3.05, 3.63) is 48.2 Å². The third-order valence-corrected chi connectivity index (χ3v) is 2.49. The third-order valence-electron chi connectivity index (χ3n) is 2.49. The molecular weight excluding hydrogens is 244 g/mol. The smallest absolute Gasteiger partial charge is 0.274 e. The predicted octanol–water partition coefficient (Wildman–Crippen LogP) is 2.35. The molecule has 0 unspecified atom stereocenters. The van der Waals surface area contributed by atoms with Crippen LogP contribution in [0.15, 0.2) is 42.5 Å². The van der Waals surface area contributed by atoms with Crippen molar-refractivity contribution in [3.8, 4) is 11.6 Å². The van der Waals surface area contributed by atoms with E-state index >= 15 is 0 Å². The molecule has 5 heteroatoms. The largest absolute Gasteiger partial charge is 0.497 e. The second-order valence-corrected chi connectivity index (χ2v) is 3.75. The summed E-state index contributed by atoms with van der Waals surface area (Å²) in [7, 11) is 3.08. The highest BCUT2D eigenvalue weighted by Gasteiger charge is 2.09. The Balaban J connectivity index is 2.15. The van der Waals surface area contributed by atoms with E-state index in [0.29, 0.717) is 23.0 Å². The molecule has 2 rings (SSSR count). The van der Waals surface area contributed by atoms with Crippen molar-refractivity contribution in [2.75, 3.05) is 19.5 Å². The van der Waals surface area contributed by atoms with E-state index in [-0.39, 0.29) is 5.91 Å². The van der Waals surface area contributed by atoms with Crippen LogP contribution in [0.2, 0.25) is 0 Å². The molecular formula is C14H14N2O3. The predicted molar refractivity (Wildman–Crippen MR) is 71.7 cm³/mol. The van der Waals surface area contributed by atoms with Crippen LogP contribution in [0.1, 0.15) is 10.5 Å². The number of hydrogen-bond donors (Lipinski definition) is 1. The minimum absolute atomic E-state index is 0.294. The Morgan fingerprint density at radius 2 is 1.89 bits per heavy atom. The average Bonchev–Trinajstić information content (AvgIpc) is 2.47. The Morgan fingerprint density at radius 1 is 1.11 bits per heavy atom. The normalized spacial score (nSPS) is 9.79. The maximum Gasteiger partial charge on any atom is 0.274 e. The van der Waals surface area contributed by atoms with Gasteiger partial charge in [-0.05, 0) is 18.2 Å². The number of pyridine rings is 1. The first-order valence-electron chi connectivity index (χ1n) is 5.69. The molecule has 1 aromatic carbocycles. The van der Waals surface area contributed by atoms with Crippen LogP contribution in [0.25, 0.3) is 0 Å². The van der Waals surface area contributed by atoms with Crippen LogP contribution >= 0.6 is 0 Å². The fraction of sp³-hybridized carbons (Fsp3) is 0.143. The first-order valence-corrected chi connectivity index (χ1v) is 5.69. The van der Waals surface area contributed by atoms with Crippen molar-refractivity contribution in [1.29, 1.82) is 0 Å². The summed E-state index contributed by atoms with van der Waals surface area (Å²) in [6, 6.07) is 12.1. The molecule has 0 bridgehead atoms. The second-order valence-electron chi connectivity index (χ2n) is 3.75. The first-order chi connectivity index (χ1) is 9.22. The Morgan fingerprint density at radius 3 is 2.63 bits per heavy atom. The molecule has 19 heavy (non-hydrogen) atoms. The Bertz CT molecular complexity index is 584. The van der Waals surface area contributed by atoms with Gasteiger partial charge in [0.1, 0.15) is 11.4 Å². The zero-order valence-corrected chi connectivity index (χ0v) is 10.7. The first kappa shape index (κ1) is 12.9. The topological polar surface area (TPSA) is 60.5 Å². The summed E-state index contributed by atoms with van der Waals surface area (Å²) >= 11 is 0. The molecule has 0 aliphatic rings. The fourth-order valence-corrected chi connectivity index (χ4v) is 1.55. The van der Waals surface area contributed by atoms with Gasteiger partial charge in [0, 0.05) is 17.8 Å². The number of nitrogens with zero attached hydrogens (tertiary/aromatic N) is 1. The molecule has 1 amide bonds. The van der Waals surface area contributed by atoms with Crippen molar-refractivity contribution in [2.24, 2.45) is 0 Å². The summed E-state index contributed by atoms with van der Waals surface area (Å²) in [5, 5.41) is 2.75. The number of benzene rings is 1. The number of carbonyl (C=O) groups is 1. The van der Waals surface area contributed by atoms with Gasteiger partial charge in [-0.3, -0.25) is 4.79 Å². The number of nitrogens with one attached hydrogen (secondary N) is 1. The van der Waals surface area contributed by atoms with Crippen molar-refractivity contribution in [2.45, 2.75) is 0 Å². The Labute approximate surface area is 111 Å². The van der Waals surface area contributed by atoms with Gasteiger partial charge >= 0.3 is 0 Å². The highest BCUT2D eigenvalue weighted by Crippen LogP contribution is 2.17. The lowest BCUT2D eigenvalue weighted by atomic mass is 10.2. The monoisotopic (exact) mass is 258 g/mol. The molecule has 0 saturated carbocycles. The van der Waals surface area contributed by atoms with E-state index in [1.165, 1.54) is 7.11 Å². The number of anilines is 1. The van der Waals surface area contributed by atoms with Gasteiger partial charge in [0.05, 0.1) is 14.2 Å². The highest BCUT2D eigenvalue weighted by atomic mass is 16.5. The van der Waals surface area contributed by atoms with Crippen LogP contribution in [-0.2, 0) is 0 Å². The van der Waals surface area contributed by atoms with E-state index in [1.54, 1.807) is 49.6 Å². The molecule has 0 saturated heterocycles. The van der Waals surface area contributed by atoms with Crippen LogP contribution in [0.3, 0.4) is 0 Å². The van der Waals surface area contributed by atoms with E-state index in [0.717, 1.165) is 0 Å². The fourth-order valence-electron chi connectivity index (χ4n) is 1.55. The molecule has 0 atom stereocenters. The van der Waals surface area contributed by atoms with E-state index in [4.69, 9.17) is 9.47 Å². The molecule has 1 aromatic heterocycles. The Kier molecular flexibility index (Phi) is 3.97. The molecule has 0 aliphatic carbocycles. The molecule has 0 aliphatic heterocycles. The number of rotatable bonds is 4. The van der Waals surface area contributed by atoms with Crippen molar-refractivity contribution in [3.63, 3.8) is 0 Å². The highest BCUT2D eigenvalue weighted by molar-refractivity contribution is 6.03. The van der Waals surface area contributed by atoms with Crippen molar-refractivity contribution >= 4 is 11.6 Å². The number of carbonyl (C=O) groups excluding carboxylic acids is 1. The summed E-state index contributed by atoms with van der Waals surface area (Å²) in [6.07, 6.45) is 0. The zero-order chi connectivity index (χ0) is 13.7. The average molecular weight is 258 g/mol. The maximum atomic E-state index is 12.0. The number of aromatic nitrogens is 1. The summed E-state index contributed by atoms with van der Waals surface area (Å²) in [5.41, 5.74) is 0.941. The van der Waals surface area contributed by atoms with Gasteiger partial charge in [0.2, 0.25) is 5.88 Å². The lowest BCUT2D eigenvalue weighted by molar-refractivity contribution is 0.102. The number of methoxy groups -OCH3 is 2. The van der Waals surface area contributed by atoms with E-state index in [2.05, 4.69) is 10.3 Å². The summed E-state index contributed by atoms with van der Waals surface area (Å²) in [6.45, 7) is 0. The number of hydrogen-bond acceptors (Lipinski definition) is 4. The zero-order valence-electron chi connectivity index (χ0n) is 10.7. The van der Waals surface area contributed by atoms with Gasteiger partial charge in [-0.15, -0.1) is 0 Å². The van der Waals surface area contributed by atoms with Crippen molar-refractivity contribution in [1.82, 2.24) is 4.98 Å². The summed E-state index contributed by atoms with van der Waals surface area (Å²) < 4.78 is 10.1. The number of amides is 1. The standard InChI is InChI=1S/C14H14N2O3/c1-18-11-6-3-5-10(9-11)15-14(17)12-7-4-8-13(16-12)19-2/h3-9H,1-2H3,(H,15,17). The lowest BCUT2D eigenvalue weighted by Gasteiger charge is -2.07. The van der Waals surface area contributed by atoms with Gasteiger partial charge < -0.3 is 14.8 Å². The number of ether oxygens (including phenoxy) is 2. The van der Waals surface area contributed by atoms with Gasteiger partial charge in [0.25, 0.3) is 5.91 Å². The van der Waals surface area contributed by atoms with Gasteiger partial charge in [-0.1, -0.05) is 12.1 Å². The summed E-state index contributed by atoms with van der Waals surface area (Å²) in [5.74, 6) is 0.779. The SMILES string of the molecule is COc1cccc(NC(=O)c2cccc(OC)n2)c1.